The molecule has 0 aliphatic carbocycles. The summed E-state index contributed by atoms with van der Waals surface area (Å²) in [6.45, 7) is 2.68. The Bertz CT molecular complexity index is 525. The van der Waals surface area contributed by atoms with E-state index in [4.69, 9.17) is 22.1 Å². The number of carbonyl (C=O) groups excluding carboxylic acids is 2. The number of anilines is 1. The summed E-state index contributed by atoms with van der Waals surface area (Å²) in [6, 6.07) is 4.75. The third-order valence-corrected chi connectivity index (χ3v) is 3.23. The van der Waals surface area contributed by atoms with E-state index in [2.05, 4.69) is 10.6 Å². The topological polar surface area (TPSA) is 93.5 Å². The normalized spacial score (nSPS) is 11.3. The fourth-order valence-corrected chi connectivity index (χ4v) is 1.99. The molecule has 0 saturated heterocycles. The van der Waals surface area contributed by atoms with Crippen molar-refractivity contribution < 1.29 is 14.3 Å². The Kier molecular flexibility index (Phi) is 10.6. The summed E-state index contributed by atoms with van der Waals surface area (Å²) in [7, 11) is 1.56. The maximum atomic E-state index is 11.9. The van der Waals surface area contributed by atoms with Crippen molar-refractivity contribution in [3.8, 4) is 0 Å². The monoisotopic (exact) mass is 363 g/mol. The molecular formula is C15H23Cl2N3O3. The van der Waals surface area contributed by atoms with Gasteiger partial charge in [0.25, 0.3) is 5.91 Å². The Labute approximate surface area is 147 Å². The van der Waals surface area contributed by atoms with Gasteiger partial charge in [-0.25, -0.2) is 0 Å². The van der Waals surface area contributed by atoms with Crippen molar-refractivity contribution in [1.82, 2.24) is 5.32 Å². The van der Waals surface area contributed by atoms with Gasteiger partial charge in [-0.05, 0) is 31.5 Å². The van der Waals surface area contributed by atoms with Crippen LogP contribution in [0.25, 0.3) is 0 Å². The highest BCUT2D eigenvalue weighted by Gasteiger charge is 2.11. The SMILES string of the molecule is COCCNC(=O)c1ccc(NC(=O)CCC(C)N)cc1Cl.Cl. The molecule has 0 spiro atoms. The molecule has 130 valence electrons. The predicted octanol–water partition coefficient (Wildman–Crippen LogP) is 2.20. The van der Waals surface area contributed by atoms with Crippen LogP contribution in [-0.4, -0.2) is 38.1 Å². The van der Waals surface area contributed by atoms with Crippen molar-refractivity contribution in [3.63, 3.8) is 0 Å². The zero-order chi connectivity index (χ0) is 16.5. The van der Waals surface area contributed by atoms with Crippen LogP contribution < -0.4 is 16.4 Å². The minimum atomic E-state index is -0.281. The average molecular weight is 364 g/mol. The maximum absolute atomic E-state index is 11.9. The Morgan fingerprint density at radius 3 is 2.65 bits per heavy atom. The van der Waals surface area contributed by atoms with E-state index in [1.54, 1.807) is 25.3 Å². The standard InChI is InChI=1S/C15H22ClN3O3.ClH/c1-10(17)3-6-14(20)19-11-4-5-12(13(16)9-11)15(21)18-7-8-22-2;/h4-5,9-10H,3,6-8,17H2,1-2H3,(H,18,21)(H,19,20);1H. The van der Waals surface area contributed by atoms with Crippen LogP contribution in [0, 0.1) is 0 Å². The van der Waals surface area contributed by atoms with Crippen LogP contribution in [0.4, 0.5) is 5.69 Å². The second-order valence-corrected chi connectivity index (χ2v) is 5.41. The van der Waals surface area contributed by atoms with E-state index in [0.29, 0.717) is 37.2 Å². The van der Waals surface area contributed by atoms with Crippen LogP contribution >= 0.6 is 24.0 Å². The molecule has 0 aliphatic rings. The second kappa shape index (κ2) is 11.2. The molecular weight excluding hydrogens is 341 g/mol. The molecule has 23 heavy (non-hydrogen) atoms. The summed E-state index contributed by atoms with van der Waals surface area (Å²) in [5, 5.41) is 5.69. The molecule has 0 bridgehead atoms. The summed E-state index contributed by atoms with van der Waals surface area (Å²) in [6.07, 6.45) is 0.952. The number of carbonyl (C=O) groups is 2. The van der Waals surface area contributed by atoms with Gasteiger partial charge in [0.1, 0.15) is 0 Å². The lowest BCUT2D eigenvalue weighted by atomic mass is 10.1. The van der Waals surface area contributed by atoms with E-state index in [1.807, 2.05) is 6.92 Å². The summed E-state index contributed by atoms with van der Waals surface area (Å²) < 4.78 is 4.86. The van der Waals surface area contributed by atoms with Gasteiger partial charge < -0.3 is 21.1 Å². The molecule has 0 aliphatic heterocycles. The largest absolute Gasteiger partial charge is 0.383 e. The van der Waals surface area contributed by atoms with E-state index >= 15 is 0 Å². The molecule has 1 rings (SSSR count). The Morgan fingerprint density at radius 1 is 1.39 bits per heavy atom. The van der Waals surface area contributed by atoms with E-state index in [1.165, 1.54) is 0 Å². The number of benzene rings is 1. The molecule has 0 saturated carbocycles. The Balaban J connectivity index is 0.00000484. The maximum Gasteiger partial charge on any atom is 0.252 e. The molecule has 1 aromatic rings. The first-order chi connectivity index (χ1) is 10.4. The van der Waals surface area contributed by atoms with Crippen molar-refractivity contribution in [2.45, 2.75) is 25.8 Å². The number of halogens is 2. The zero-order valence-electron chi connectivity index (χ0n) is 13.2. The molecule has 1 atom stereocenters. The molecule has 4 N–H and O–H groups in total. The molecule has 0 fully saturated rings. The Hall–Kier alpha value is -1.34. The molecule has 8 heteroatoms. The van der Waals surface area contributed by atoms with Crippen molar-refractivity contribution in [2.24, 2.45) is 5.73 Å². The van der Waals surface area contributed by atoms with Gasteiger partial charge in [-0.15, -0.1) is 12.4 Å². The Morgan fingerprint density at radius 2 is 2.09 bits per heavy atom. The number of nitrogens with one attached hydrogen (secondary N) is 2. The van der Waals surface area contributed by atoms with E-state index in [-0.39, 0.29) is 35.3 Å². The number of amides is 2. The highest BCUT2D eigenvalue weighted by molar-refractivity contribution is 6.34. The summed E-state index contributed by atoms with van der Waals surface area (Å²) in [5.74, 6) is -0.414. The molecule has 6 nitrogen and oxygen atoms in total. The lowest BCUT2D eigenvalue weighted by molar-refractivity contribution is -0.116. The molecule has 0 aromatic heterocycles. The molecule has 2 amide bonds. The highest BCUT2D eigenvalue weighted by atomic mass is 35.5. The van der Waals surface area contributed by atoms with Crippen LogP contribution in [0.5, 0.6) is 0 Å². The first-order valence-corrected chi connectivity index (χ1v) is 7.44. The van der Waals surface area contributed by atoms with Gasteiger partial charge in [0.05, 0.1) is 17.2 Å². The van der Waals surface area contributed by atoms with Crippen LogP contribution in [0.15, 0.2) is 18.2 Å². The zero-order valence-corrected chi connectivity index (χ0v) is 14.8. The molecule has 0 radical (unpaired) electrons. The van der Waals surface area contributed by atoms with Crippen molar-refractivity contribution >= 4 is 41.5 Å². The summed E-state index contributed by atoms with van der Waals surface area (Å²) >= 11 is 6.08. The number of rotatable bonds is 8. The third kappa shape index (κ3) is 8.18. The number of ether oxygens (including phenoxy) is 1. The quantitative estimate of drug-likeness (QED) is 0.617. The number of hydrogen-bond donors (Lipinski definition) is 3. The number of methoxy groups -OCH3 is 1. The van der Waals surface area contributed by atoms with Crippen LogP contribution in [0.1, 0.15) is 30.1 Å². The lowest BCUT2D eigenvalue weighted by Crippen LogP contribution is -2.27. The molecule has 1 unspecified atom stereocenters. The third-order valence-electron chi connectivity index (χ3n) is 2.92. The second-order valence-electron chi connectivity index (χ2n) is 5.01. The first kappa shape index (κ1) is 21.7. The lowest BCUT2D eigenvalue weighted by Gasteiger charge is -2.10. The minimum absolute atomic E-state index is 0. The highest BCUT2D eigenvalue weighted by Crippen LogP contribution is 2.21. The molecule has 1 aromatic carbocycles. The first-order valence-electron chi connectivity index (χ1n) is 7.06. The van der Waals surface area contributed by atoms with Gasteiger partial charge in [0, 0.05) is 31.8 Å². The van der Waals surface area contributed by atoms with Gasteiger partial charge in [-0.3, -0.25) is 9.59 Å². The van der Waals surface area contributed by atoms with Gasteiger partial charge in [-0.1, -0.05) is 11.6 Å². The van der Waals surface area contributed by atoms with E-state index in [9.17, 15) is 9.59 Å². The van der Waals surface area contributed by atoms with Gasteiger partial charge in [0.2, 0.25) is 5.91 Å². The number of nitrogens with two attached hydrogens (primary N) is 1. The fraction of sp³-hybridized carbons (Fsp3) is 0.467. The average Bonchev–Trinajstić information content (AvgIpc) is 2.45. The van der Waals surface area contributed by atoms with Crippen LogP contribution in [0.2, 0.25) is 5.02 Å². The molecule has 0 heterocycles. The van der Waals surface area contributed by atoms with E-state index < -0.39 is 0 Å². The van der Waals surface area contributed by atoms with Gasteiger partial charge in [0.15, 0.2) is 0 Å². The number of hydrogen-bond acceptors (Lipinski definition) is 4. The predicted molar refractivity (Wildman–Crippen MR) is 94.4 cm³/mol. The minimum Gasteiger partial charge on any atom is -0.383 e. The van der Waals surface area contributed by atoms with Gasteiger partial charge in [-0.2, -0.15) is 0 Å². The summed E-state index contributed by atoms with van der Waals surface area (Å²) in [5.41, 5.74) is 6.51. The summed E-state index contributed by atoms with van der Waals surface area (Å²) in [4.78, 5) is 23.6. The van der Waals surface area contributed by atoms with Gasteiger partial charge >= 0.3 is 0 Å². The van der Waals surface area contributed by atoms with Crippen molar-refractivity contribution in [1.29, 1.82) is 0 Å². The van der Waals surface area contributed by atoms with Crippen molar-refractivity contribution in [2.75, 3.05) is 25.6 Å². The van der Waals surface area contributed by atoms with E-state index in [0.717, 1.165) is 0 Å². The van der Waals surface area contributed by atoms with Crippen LogP contribution in [-0.2, 0) is 9.53 Å². The smallest absolute Gasteiger partial charge is 0.252 e. The van der Waals surface area contributed by atoms with Crippen LogP contribution in [0.3, 0.4) is 0 Å². The fourth-order valence-electron chi connectivity index (χ4n) is 1.72. The van der Waals surface area contributed by atoms with Crippen molar-refractivity contribution in [3.05, 3.63) is 28.8 Å².